The van der Waals surface area contributed by atoms with Gasteiger partial charge in [-0.3, -0.25) is 0 Å². The van der Waals surface area contributed by atoms with Gasteiger partial charge in [-0.05, 0) is 36.3 Å². The van der Waals surface area contributed by atoms with Gasteiger partial charge in [-0.15, -0.1) is 18.9 Å². The monoisotopic (exact) mass is 382 g/mol. The van der Waals surface area contributed by atoms with E-state index in [9.17, 15) is 0 Å². The third-order valence-electron chi connectivity index (χ3n) is 6.15. The Morgan fingerprint density at radius 3 is 1.68 bits per heavy atom. The van der Waals surface area contributed by atoms with Crippen LogP contribution in [0, 0.1) is 18.3 Å². The van der Waals surface area contributed by atoms with Gasteiger partial charge in [0.05, 0.1) is 12.2 Å². The fraction of sp³-hybridized carbons (Fsp3) is 0.810. The zero-order valence-corrected chi connectivity index (χ0v) is 20.6. The van der Waals surface area contributed by atoms with Crippen LogP contribution in [-0.2, 0) is 8.85 Å². The van der Waals surface area contributed by atoms with E-state index in [4.69, 9.17) is 15.3 Å². The first-order valence-corrected chi connectivity index (χ1v) is 15.2. The van der Waals surface area contributed by atoms with Crippen LogP contribution in [0.5, 0.6) is 0 Å². The molecule has 0 aromatic carbocycles. The summed E-state index contributed by atoms with van der Waals surface area (Å²) < 4.78 is 13.3. The minimum atomic E-state index is -1.90. The summed E-state index contributed by atoms with van der Waals surface area (Å²) in [6.07, 6.45) is 8.17. The fourth-order valence-corrected chi connectivity index (χ4v) is 4.86. The van der Waals surface area contributed by atoms with E-state index in [1.165, 1.54) is 0 Å². The molecule has 0 aromatic rings. The Hall–Kier alpha value is -0.346. The maximum atomic E-state index is 6.67. The van der Waals surface area contributed by atoms with Crippen molar-refractivity contribution in [2.24, 2.45) is 5.92 Å². The Kier molecular flexibility index (Phi) is 8.44. The van der Waals surface area contributed by atoms with E-state index in [-0.39, 0.29) is 28.2 Å². The SMILES string of the molecule is C#CC[C@@H](O[Si](C)(C)C(C)(C)C)[C@H](C)C(C=C)O[Si](C)(C)C(C)(C)C. The third kappa shape index (κ3) is 6.71. The van der Waals surface area contributed by atoms with Crippen molar-refractivity contribution in [3.63, 3.8) is 0 Å². The lowest BCUT2D eigenvalue weighted by Gasteiger charge is -2.44. The van der Waals surface area contributed by atoms with Gasteiger partial charge in [0.15, 0.2) is 16.6 Å². The molecule has 0 saturated heterocycles. The van der Waals surface area contributed by atoms with Crippen molar-refractivity contribution < 1.29 is 8.85 Å². The zero-order chi connectivity index (χ0) is 20.3. The van der Waals surface area contributed by atoms with Gasteiger partial charge in [0.2, 0.25) is 0 Å². The maximum absolute atomic E-state index is 6.67. The lowest BCUT2D eigenvalue weighted by atomic mass is 9.96. The standard InChI is InChI=1S/C21H42O2Si2/c1-14-16-19(23-25(12,13)21(7,8)9)17(3)18(15-2)22-24(10,11)20(4,5)6/h1,15,17-19H,2,16H2,3-13H3/t17-,18?,19-/m1/s1. The molecule has 1 unspecified atom stereocenters. The predicted molar refractivity (Wildman–Crippen MR) is 117 cm³/mol. The van der Waals surface area contributed by atoms with E-state index in [0.29, 0.717) is 6.42 Å². The van der Waals surface area contributed by atoms with Gasteiger partial charge < -0.3 is 8.85 Å². The number of hydrogen-bond acceptors (Lipinski definition) is 2. The molecule has 2 nitrogen and oxygen atoms in total. The van der Waals surface area contributed by atoms with Gasteiger partial charge in [-0.2, -0.15) is 0 Å². The average Bonchev–Trinajstić information content (AvgIpc) is 2.40. The molecule has 3 atom stereocenters. The minimum absolute atomic E-state index is 0.00124. The summed E-state index contributed by atoms with van der Waals surface area (Å²) in [6, 6.07) is 0. The highest BCUT2D eigenvalue weighted by Gasteiger charge is 2.43. The van der Waals surface area contributed by atoms with Crippen LogP contribution >= 0.6 is 0 Å². The van der Waals surface area contributed by atoms with Gasteiger partial charge in [-0.25, -0.2) is 0 Å². The normalized spacial score (nSPS) is 17.5. The van der Waals surface area contributed by atoms with Crippen LogP contribution < -0.4 is 0 Å². The van der Waals surface area contributed by atoms with Crippen LogP contribution in [0.3, 0.4) is 0 Å². The van der Waals surface area contributed by atoms with Crippen molar-refractivity contribution in [1.29, 1.82) is 0 Å². The maximum Gasteiger partial charge on any atom is 0.192 e. The van der Waals surface area contributed by atoms with E-state index >= 15 is 0 Å². The van der Waals surface area contributed by atoms with Crippen molar-refractivity contribution in [2.75, 3.05) is 0 Å². The summed E-state index contributed by atoms with van der Waals surface area (Å²) in [5.74, 6) is 2.99. The van der Waals surface area contributed by atoms with Crippen molar-refractivity contribution >= 4 is 16.6 Å². The summed E-state index contributed by atoms with van der Waals surface area (Å²) in [5, 5.41) is 0.319. The summed E-state index contributed by atoms with van der Waals surface area (Å²) in [4.78, 5) is 0. The highest BCUT2D eigenvalue weighted by molar-refractivity contribution is 6.74. The van der Waals surface area contributed by atoms with E-state index in [2.05, 4.69) is 87.2 Å². The molecular formula is C21H42O2Si2. The van der Waals surface area contributed by atoms with Crippen LogP contribution in [0.4, 0.5) is 0 Å². The molecule has 0 aromatic heterocycles. The second-order valence-corrected chi connectivity index (χ2v) is 19.8. The molecule has 0 heterocycles. The highest BCUT2D eigenvalue weighted by atomic mass is 28.4. The Labute approximate surface area is 160 Å². The van der Waals surface area contributed by atoms with Crippen LogP contribution in [0.15, 0.2) is 12.7 Å². The van der Waals surface area contributed by atoms with Crippen molar-refractivity contribution in [3.05, 3.63) is 12.7 Å². The second-order valence-electron chi connectivity index (χ2n) is 10.3. The molecular weight excluding hydrogens is 340 g/mol. The topological polar surface area (TPSA) is 18.5 Å². The molecule has 25 heavy (non-hydrogen) atoms. The molecule has 0 aliphatic heterocycles. The first-order chi connectivity index (χ1) is 11.0. The molecule has 0 fully saturated rings. The Morgan fingerprint density at radius 2 is 1.36 bits per heavy atom. The van der Waals surface area contributed by atoms with E-state index in [0.717, 1.165) is 0 Å². The van der Waals surface area contributed by atoms with Gasteiger partial charge in [0, 0.05) is 12.3 Å². The first kappa shape index (κ1) is 24.7. The molecule has 0 aliphatic rings. The molecule has 0 aliphatic carbocycles. The smallest absolute Gasteiger partial charge is 0.192 e. The Morgan fingerprint density at radius 1 is 0.960 bits per heavy atom. The van der Waals surface area contributed by atoms with E-state index in [1.807, 2.05) is 6.08 Å². The summed E-state index contributed by atoms with van der Waals surface area (Å²) in [6.45, 7) is 28.9. The predicted octanol–water partition coefficient (Wildman–Crippen LogP) is 6.61. The molecule has 0 saturated carbocycles. The number of terminal acetylenes is 1. The summed E-state index contributed by atoms with van der Waals surface area (Å²) in [7, 11) is -3.78. The third-order valence-corrected chi connectivity index (χ3v) is 15.1. The average molecular weight is 383 g/mol. The first-order valence-electron chi connectivity index (χ1n) is 9.42. The minimum Gasteiger partial charge on any atom is -0.413 e. The Balaban J connectivity index is 5.47. The molecule has 0 spiro atoms. The van der Waals surface area contributed by atoms with Crippen molar-refractivity contribution in [3.8, 4) is 12.3 Å². The van der Waals surface area contributed by atoms with Crippen molar-refractivity contribution in [2.45, 2.75) is 103 Å². The largest absolute Gasteiger partial charge is 0.413 e. The van der Waals surface area contributed by atoms with Gasteiger partial charge in [0.1, 0.15) is 0 Å². The fourth-order valence-electron chi connectivity index (χ4n) is 2.10. The quantitative estimate of drug-likeness (QED) is 0.267. The van der Waals surface area contributed by atoms with Gasteiger partial charge in [0.25, 0.3) is 0 Å². The second kappa shape index (κ2) is 8.56. The van der Waals surface area contributed by atoms with Crippen LogP contribution in [0.2, 0.25) is 36.3 Å². The van der Waals surface area contributed by atoms with Gasteiger partial charge in [-0.1, -0.05) is 54.5 Å². The number of rotatable bonds is 8. The van der Waals surface area contributed by atoms with Crippen molar-refractivity contribution in [1.82, 2.24) is 0 Å². The highest BCUT2D eigenvalue weighted by Crippen LogP contribution is 2.41. The van der Waals surface area contributed by atoms with Crippen LogP contribution in [-0.4, -0.2) is 28.8 Å². The number of hydrogen-bond donors (Lipinski definition) is 0. The lowest BCUT2D eigenvalue weighted by molar-refractivity contribution is 0.0604. The summed E-state index contributed by atoms with van der Waals surface area (Å²) in [5.41, 5.74) is 0. The molecule has 4 heteroatoms. The van der Waals surface area contributed by atoms with E-state index in [1.54, 1.807) is 0 Å². The molecule has 0 amide bonds. The lowest BCUT2D eigenvalue weighted by Crippen LogP contribution is -2.50. The Bertz CT molecular complexity index is 476. The van der Waals surface area contributed by atoms with Crippen LogP contribution in [0.1, 0.15) is 54.9 Å². The zero-order valence-electron chi connectivity index (χ0n) is 18.6. The molecule has 0 rings (SSSR count). The molecule has 146 valence electrons. The molecule has 0 radical (unpaired) electrons. The van der Waals surface area contributed by atoms with Gasteiger partial charge >= 0.3 is 0 Å². The van der Waals surface area contributed by atoms with Crippen LogP contribution in [0.25, 0.3) is 0 Å². The van der Waals surface area contributed by atoms with E-state index < -0.39 is 16.6 Å². The summed E-state index contributed by atoms with van der Waals surface area (Å²) >= 11 is 0. The molecule has 0 bridgehead atoms. The molecule has 0 N–H and O–H groups in total.